The normalized spacial score (nSPS) is 18.2. The Hall–Kier alpha value is -2.08. The first-order chi connectivity index (χ1) is 12.5. The Balaban J connectivity index is 1.96. The minimum absolute atomic E-state index is 0.0119. The second-order valence-electron chi connectivity index (χ2n) is 7.13. The number of para-hydroxylation sites is 1. The van der Waals surface area contributed by atoms with Gasteiger partial charge in [0.15, 0.2) is 0 Å². The lowest BCUT2D eigenvalue weighted by molar-refractivity contribution is -0.133. The number of hydrogen-bond acceptors (Lipinski definition) is 3. The van der Waals surface area contributed by atoms with E-state index in [0.717, 1.165) is 32.6 Å². The summed E-state index contributed by atoms with van der Waals surface area (Å²) in [4.78, 5) is 29.6. The Morgan fingerprint density at radius 2 is 1.85 bits per heavy atom. The molecule has 0 unspecified atom stereocenters. The number of urea groups is 1. The number of rotatable bonds is 7. The SMILES string of the molecule is CCN(CC)[C@@H]1CCN(C(=O)[C@H](NC(=O)Nc2ccccc2)C(C)C)C1. The van der Waals surface area contributed by atoms with Crippen LogP contribution in [0.15, 0.2) is 30.3 Å². The van der Waals surface area contributed by atoms with Crippen molar-refractivity contribution >= 4 is 17.6 Å². The Morgan fingerprint density at radius 1 is 1.19 bits per heavy atom. The largest absolute Gasteiger partial charge is 0.339 e. The molecule has 1 aliphatic heterocycles. The maximum absolute atomic E-state index is 13.0. The Morgan fingerprint density at radius 3 is 2.42 bits per heavy atom. The lowest BCUT2D eigenvalue weighted by Crippen LogP contribution is -2.52. The van der Waals surface area contributed by atoms with Crippen LogP contribution >= 0.6 is 0 Å². The molecule has 1 saturated heterocycles. The van der Waals surface area contributed by atoms with Gasteiger partial charge in [-0.2, -0.15) is 0 Å². The van der Waals surface area contributed by atoms with Gasteiger partial charge in [-0.3, -0.25) is 9.69 Å². The van der Waals surface area contributed by atoms with E-state index < -0.39 is 6.04 Å². The molecule has 0 aliphatic carbocycles. The van der Waals surface area contributed by atoms with E-state index >= 15 is 0 Å². The summed E-state index contributed by atoms with van der Waals surface area (Å²) in [5.74, 6) is 0.0365. The fourth-order valence-corrected chi connectivity index (χ4v) is 3.52. The summed E-state index contributed by atoms with van der Waals surface area (Å²) in [5, 5.41) is 5.65. The van der Waals surface area contributed by atoms with Crippen LogP contribution in [0, 0.1) is 5.92 Å². The average Bonchev–Trinajstić information content (AvgIpc) is 3.11. The van der Waals surface area contributed by atoms with Crippen molar-refractivity contribution in [3.8, 4) is 0 Å². The number of anilines is 1. The number of carbonyl (C=O) groups is 2. The van der Waals surface area contributed by atoms with Gasteiger partial charge in [0.1, 0.15) is 6.04 Å². The van der Waals surface area contributed by atoms with Crippen LogP contribution in [0.25, 0.3) is 0 Å². The molecular weight excluding hydrogens is 328 g/mol. The lowest BCUT2D eigenvalue weighted by Gasteiger charge is -2.29. The zero-order chi connectivity index (χ0) is 19.1. The van der Waals surface area contributed by atoms with Gasteiger partial charge in [-0.15, -0.1) is 0 Å². The molecule has 1 aromatic rings. The molecule has 2 N–H and O–H groups in total. The first kappa shape index (κ1) is 20.2. The van der Waals surface area contributed by atoms with E-state index in [1.54, 1.807) is 0 Å². The monoisotopic (exact) mass is 360 g/mol. The highest BCUT2D eigenvalue weighted by molar-refractivity contribution is 5.93. The molecular formula is C20H32N4O2. The number of nitrogens with one attached hydrogen (secondary N) is 2. The molecule has 1 fully saturated rings. The van der Waals surface area contributed by atoms with Crippen LogP contribution in [0.3, 0.4) is 0 Å². The third-order valence-corrected chi connectivity index (χ3v) is 5.05. The molecule has 1 aliphatic rings. The third kappa shape index (κ3) is 5.21. The van der Waals surface area contributed by atoms with Crippen molar-refractivity contribution in [2.45, 2.75) is 46.2 Å². The molecule has 0 bridgehead atoms. The summed E-state index contributed by atoms with van der Waals surface area (Å²) in [7, 11) is 0. The van der Waals surface area contributed by atoms with E-state index in [1.807, 2.05) is 49.1 Å². The summed E-state index contributed by atoms with van der Waals surface area (Å²) >= 11 is 0. The van der Waals surface area contributed by atoms with Crippen molar-refractivity contribution in [2.24, 2.45) is 5.92 Å². The van der Waals surface area contributed by atoms with E-state index in [2.05, 4.69) is 29.4 Å². The van der Waals surface area contributed by atoms with Gasteiger partial charge in [0, 0.05) is 24.8 Å². The molecule has 0 saturated carbocycles. The van der Waals surface area contributed by atoms with E-state index in [0.29, 0.717) is 11.7 Å². The van der Waals surface area contributed by atoms with Crippen molar-refractivity contribution in [3.05, 3.63) is 30.3 Å². The van der Waals surface area contributed by atoms with Crippen molar-refractivity contribution in [1.82, 2.24) is 15.1 Å². The molecule has 2 rings (SSSR count). The first-order valence-corrected chi connectivity index (χ1v) is 9.61. The molecule has 3 amide bonds. The quantitative estimate of drug-likeness (QED) is 0.786. The maximum atomic E-state index is 13.0. The van der Waals surface area contributed by atoms with Gasteiger partial charge in [-0.25, -0.2) is 4.79 Å². The highest BCUT2D eigenvalue weighted by Crippen LogP contribution is 2.18. The zero-order valence-corrected chi connectivity index (χ0v) is 16.4. The fraction of sp³-hybridized carbons (Fsp3) is 0.600. The molecule has 1 aromatic carbocycles. The fourth-order valence-electron chi connectivity index (χ4n) is 3.52. The van der Waals surface area contributed by atoms with Gasteiger partial charge in [0.2, 0.25) is 5.91 Å². The van der Waals surface area contributed by atoms with Crippen LogP contribution in [0.4, 0.5) is 10.5 Å². The minimum atomic E-state index is -0.519. The summed E-state index contributed by atoms with van der Waals surface area (Å²) < 4.78 is 0. The van der Waals surface area contributed by atoms with Gasteiger partial charge in [-0.1, -0.05) is 45.9 Å². The standard InChI is InChI=1S/C20H32N4O2/c1-5-23(6-2)17-12-13-24(14-17)19(25)18(15(3)4)22-20(26)21-16-10-8-7-9-11-16/h7-11,15,17-18H,5-6,12-14H2,1-4H3,(H2,21,22,26)/t17-,18-/m1/s1. The highest BCUT2D eigenvalue weighted by atomic mass is 16.2. The van der Waals surface area contributed by atoms with Crippen LogP contribution in [0.2, 0.25) is 0 Å². The Bertz CT molecular complexity index is 587. The predicted octanol–water partition coefficient (Wildman–Crippen LogP) is 2.78. The van der Waals surface area contributed by atoms with Gasteiger partial charge in [0.05, 0.1) is 0 Å². The molecule has 0 aromatic heterocycles. The minimum Gasteiger partial charge on any atom is -0.339 e. The molecule has 26 heavy (non-hydrogen) atoms. The molecule has 0 spiro atoms. The summed E-state index contributed by atoms with van der Waals surface area (Å²) in [6.07, 6.45) is 0.994. The van der Waals surface area contributed by atoms with Crippen molar-refractivity contribution in [3.63, 3.8) is 0 Å². The lowest BCUT2D eigenvalue weighted by atomic mass is 10.0. The molecule has 1 heterocycles. The Labute approximate surface area is 156 Å². The average molecular weight is 361 g/mol. The summed E-state index contributed by atoms with van der Waals surface area (Å²) in [6.45, 7) is 11.7. The van der Waals surface area contributed by atoms with Gasteiger partial charge in [0.25, 0.3) is 0 Å². The number of likely N-dealkylation sites (tertiary alicyclic amines) is 1. The molecule has 6 heteroatoms. The topological polar surface area (TPSA) is 64.7 Å². The highest BCUT2D eigenvalue weighted by Gasteiger charge is 2.34. The Kier molecular flexibility index (Phi) is 7.45. The van der Waals surface area contributed by atoms with E-state index in [9.17, 15) is 9.59 Å². The van der Waals surface area contributed by atoms with Crippen molar-refractivity contribution in [1.29, 1.82) is 0 Å². The van der Waals surface area contributed by atoms with Crippen LogP contribution < -0.4 is 10.6 Å². The van der Waals surface area contributed by atoms with E-state index in [4.69, 9.17) is 0 Å². The van der Waals surface area contributed by atoms with Crippen LogP contribution in [-0.2, 0) is 4.79 Å². The molecule has 144 valence electrons. The molecule has 0 radical (unpaired) electrons. The summed E-state index contributed by atoms with van der Waals surface area (Å²) in [6, 6.07) is 8.80. The van der Waals surface area contributed by atoms with Crippen molar-refractivity contribution < 1.29 is 9.59 Å². The zero-order valence-electron chi connectivity index (χ0n) is 16.4. The molecule has 6 nitrogen and oxygen atoms in total. The van der Waals surface area contributed by atoms with Crippen molar-refractivity contribution in [2.75, 3.05) is 31.5 Å². The maximum Gasteiger partial charge on any atom is 0.319 e. The number of benzene rings is 1. The van der Waals surface area contributed by atoms with Gasteiger partial charge < -0.3 is 15.5 Å². The van der Waals surface area contributed by atoms with Gasteiger partial charge >= 0.3 is 6.03 Å². The number of likely N-dealkylation sites (N-methyl/N-ethyl adjacent to an activating group) is 1. The number of hydrogen-bond donors (Lipinski definition) is 2. The smallest absolute Gasteiger partial charge is 0.319 e. The number of amides is 3. The van der Waals surface area contributed by atoms with Crippen LogP contribution in [0.1, 0.15) is 34.1 Å². The van der Waals surface area contributed by atoms with Gasteiger partial charge in [-0.05, 0) is 37.6 Å². The summed E-state index contributed by atoms with van der Waals surface area (Å²) in [5.41, 5.74) is 0.711. The molecule has 2 atom stereocenters. The van der Waals surface area contributed by atoms with Crippen LogP contribution in [0.5, 0.6) is 0 Å². The van der Waals surface area contributed by atoms with E-state index in [-0.39, 0.29) is 17.9 Å². The van der Waals surface area contributed by atoms with E-state index in [1.165, 1.54) is 0 Å². The third-order valence-electron chi connectivity index (χ3n) is 5.05. The second kappa shape index (κ2) is 9.57. The number of nitrogens with zero attached hydrogens (tertiary/aromatic N) is 2. The number of carbonyl (C=O) groups excluding carboxylic acids is 2. The second-order valence-corrected chi connectivity index (χ2v) is 7.13. The predicted molar refractivity (Wildman–Crippen MR) is 105 cm³/mol. The van der Waals surface area contributed by atoms with Crippen LogP contribution in [-0.4, -0.2) is 60.0 Å². The first-order valence-electron chi connectivity index (χ1n) is 9.61.